The lowest BCUT2D eigenvalue weighted by atomic mass is 10.1. The molecule has 8 nitrogen and oxygen atoms in total. The van der Waals surface area contributed by atoms with Crippen LogP contribution in [0.3, 0.4) is 0 Å². The number of rotatable bonds is 2. The summed E-state index contributed by atoms with van der Waals surface area (Å²) in [5.41, 5.74) is 0. The number of hydrogen-bond donors (Lipinski definition) is 2. The molecule has 1 atom stereocenters. The van der Waals surface area contributed by atoms with Crippen molar-refractivity contribution in [3.8, 4) is 0 Å². The number of carboxylic acids is 1. The average molecular weight is 307 g/mol. The fourth-order valence-electron chi connectivity index (χ4n) is 3.05. The Labute approximate surface area is 128 Å². The number of fused-ring (bicyclic) bond motifs is 1. The predicted molar refractivity (Wildman–Crippen MR) is 77.5 cm³/mol. The van der Waals surface area contributed by atoms with Crippen molar-refractivity contribution in [3.63, 3.8) is 0 Å². The third kappa shape index (κ3) is 2.96. The molecule has 0 aliphatic carbocycles. The van der Waals surface area contributed by atoms with Gasteiger partial charge in [0.05, 0.1) is 5.92 Å². The van der Waals surface area contributed by atoms with Crippen molar-refractivity contribution in [3.05, 3.63) is 11.6 Å². The van der Waals surface area contributed by atoms with Crippen LogP contribution in [0.25, 0.3) is 0 Å². The molecule has 2 aliphatic rings. The van der Waals surface area contributed by atoms with Gasteiger partial charge in [-0.05, 0) is 12.8 Å². The van der Waals surface area contributed by atoms with E-state index < -0.39 is 11.9 Å². The third-order valence-electron chi connectivity index (χ3n) is 4.33. The van der Waals surface area contributed by atoms with Gasteiger partial charge in [0.15, 0.2) is 0 Å². The number of aromatic nitrogens is 3. The van der Waals surface area contributed by atoms with Gasteiger partial charge < -0.3 is 19.9 Å². The normalized spacial score (nSPS) is 22.5. The van der Waals surface area contributed by atoms with Gasteiger partial charge >= 0.3 is 5.97 Å². The summed E-state index contributed by atoms with van der Waals surface area (Å²) in [7, 11) is 0. The highest BCUT2D eigenvalue weighted by atomic mass is 16.4. The number of aryl methyl sites for hydroxylation is 1. The molecule has 22 heavy (non-hydrogen) atoms. The van der Waals surface area contributed by atoms with Gasteiger partial charge in [-0.15, -0.1) is 10.2 Å². The highest BCUT2D eigenvalue weighted by molar-refractivity contribution is 5.91. The van der Waals surface area contributed by atoms with Crippen LogP contribution in [0.15, 0.2) is 0 Å². The van der Waals surface area contributed by atoms with Crippen LogP contribution in [-0.4, -0.2) is 62.8 Å². The van der Waals surface area contributed by atoms with Crippen LogP contribution in [0.2, 0.25) is 0 Å². The van der Waals surface area contributed by atoms with Crippen molar-refractivity contribution in [2.45, 2.75) is 32.2 Å². The number of aliphatic carboxylic acids is 1. The maximum absolute atomic E-state index is 12.7. The molecule has 1 aromatic heterocycles. The van der Waals surface area contributed by atoms with Crippen molar-refractivity contribution in [2.75, 3.05) is 26.2 Å². The second-order valence-corrected chi connectivity index (χ2v) is 5.89. The Morgan fingerprint density at radius 2 is 2.05 bits per heavy atom. The molecule has 1 fully saturated rings. The van der Waals surface area contributed by atoms with Gasteiger partial charge in [-0.25, -0.2) is 0 Å². The average Bonchev–Trinajstić information content (AvgIpc) is 2.72. The minimum Gasteiger partial charge on any atom is -0.481 e. The van der Waals surface area contributed by atoms with Crippen molar-refractivity contribution >= 4 is 11.9 Å². The molecular weight excluding hydrogens is 286 g/mol. The molecule has 3 rings (SSSR count). The molecule has 0 saturated carbocycles. The molecule has 0 bridgehead atoms. The number of nitrogens with zero attached hydrogens (tertiary/aromatic N) is 4. The van der Waals surface area contributed by atoms with Crippen molar-refractivity contribution in [1.29, 1.82) is 0 Å². The maximum atomic E-state index is 12.7. The molecule has 1 saturated heterocycles. The zero-order valence-electron chi connectivity index (χ0n) is 12.5. The molecule has 2 aliphatic heterocycles. The summed E-state index contributed by atoms with van der Waals surface area (Å²) in [5.74, 6) is -0.465. The van der Waals surface area contributed by atoms with Gasteiger partial charge in [0, 0.05) is 39.1 Å². The van der Waals surface area contributed by atoms with Crippen LogP contribution in [0.1, 0.15) is 35.7 Å². The predicted octanol–water partition coefficient (Wildman–Crippen LogP) is -0.249. The summed E-state index contributed by atoms with van der Waals surface area (Å²) in [6, 6.07) is 0. The number of carboxylic acid groups (broad SMARTS) is 1. The van der Waals surface area contributed by atoms with E-state index >= 15 is 0 Å². The topological polar surface area (TPSA) is 100 Å². The number of carbonyl (C=O) groups is 2. The van der Waals surface area contributed by atoms with Crippen LogP contribution >= 0.6 is 0 Å². The van der Waals surface area contributed by atoms with E-state index in [0.717, 1.165) is 38.1 Å². The summed E-state index contributed by atoms with van der Waals surface area (Å²) in [5, 5.41) is 20.5. The Bertz CT molecular complexity index is 571. The Morgan fingerprint density at radius 3 is 2.86 bits per heavy atom. The fourth-order valence-corrected chi connectivity index (χ4v) is 3.05. The van der Waals surface area contributed by atoms with Crippen LogP contribution < -0.4 is 5.32 Å². The lowest BCUT2D eigenvalue weighted by Crippen LogP contribution is -2.39. The van der Waals surface area contributed by atoms with E-state index in [1.54, 1.807) is 4.90 Å². The minimum atomic E-state index is -0.882. The van der Waals surface area contributed by atoms with Crippen molar-refractivity contribution < 1.29 is 14.7 Å². The SMILES string of the molecule is O=C(O)[C@@H]1CNCCN(C(=O)c2nnc3n2CCCCC3)C1. The van der Waals surface area contributed by atoms with Crippen molar-refractivity contribution in [2.24, 2.45) is 5.92 Å². The second kappa shape index (κ2) is 6.43. The van der Waals surface area contributed by atoms with Crippen LogP contribution in [0.4, 0.5) is 0 Å². The monoisotopic (exact) mass is 307 g/mol. The number of amides is 1. The summed E-state index contributed by atoms with van der Waals surface area (Å²) in [4.78, 5) is 25.6. The van der Waals surface area contributed by atoms with E-state index in [-0.39, 0.29) is 12.5 Å². The van der Waals surface area contributed by atoms with Gasteiger partial charge in [0.25, 0.3) is 5.91 Å². The van der Waals surface area contributed by atoms with Crippen molar-refractivity contribution in [1.82, 2.24) is 25.0 Å². The number of hydrogen-bond acceptors (Lipinski definition) is 5. The molecule has 1 aromatic rings. The van der Waals surface area contributed by atoms with Crippen LogP contribution in [0, 0.1) is 5.92 Å². The highest BCUT2D eigenvalue weighted by Crippen LogP contribution is 2.16. The first-order chi connectivity index (χ1) is 10.7. The third-order valence-corrected chi connectivity index (χ3v) is 4.33. The largest absolute Gasteiger partial charge is 0.481 e. The Hall–Kier alpha value is -1.96. The number of carbonyl (C=O) groups excluding carboxylic acids is 1. The lowest BCUT2D eigenvalue weighted by molar-refractivity contribution is -0.141. The summed E-state index contributed by atoms with van der Waals surface area (Å²) >= 11 is 0. The zero-order chi connectivity index (χ0) is 15.5. The molecule has 0 radical (unpaired) electrons. The van der Waals surface area contributed by atoms with E-state index in [1.165, 1.54) is 0 Å². The lowest BCUT2D eigenvalue weighted by Gasteiger charge is -2.22. The van der Waals surface area contributed by atoms with E-state index in [2.05, 4.69) is 15.5 Å². The van der Waals surface area contributed by atoms with Crippen LogP contribution in [-0.2, 0) is 17.8 Å². The molecule has 3 heterocycles. The summed E-state index contributed by atoms with van der Waals surface area (Å²) < 4.78 is 1.91. The molecule has 0 spiro atoms. The molecule has 8 heteroatoms. The van der Waals surface area contributed by atoms with Gasteiger partial charge in [0.1, 0.15) is 5.82 Å². The van der Waals surface area contributed by atoms with E-state index in [4.69, 9.17) is 0 Å². The Morgan fingerprint density at radius 1 is 1.18 bits per heavy atom. The standard InChI is InChI=1S/C14H21N5O3/c20-13(18-7-5-15-8-10(9-18)14(21)22)12-17-16-11-4-2-1-3-6-19(11)12/h10,15H,1-9H2,(H,21,22)/t10-/m1/s1. The molecule has 1 amide bonds. The minimum absolute atomic E-state index is 0.212. The first-order valence-corrected chi connectivity index (χ1v) is 7.81. The van der Waals surface area contributed by atoms with E-state index in [1.807, 2.05) is 4.57 Å². The maximum Gasteiger partial charge on any atom is 0.309 e. The fraction of sp³-hybridized carbons (Fsp3) is 0.714. The summed E-state index contributed by atoms with van der Waals surface area (Å²) in [6.45, 7) is 2.44. The molecule has 2 N–H and O–H groups in total. The smallest absolute Gasteiger partial charge is 0.309 e. The van der Waals surface area contributed by atoms with Crippen LogP contribution in [0.5, 0.6) is 0 Å². The molecular formula is C14H21N5O3. The number of nitrogens with one attached hydrogen (secondary N) is 1. The van der Waals surface area contributed by atoms with Gasteiger partial charge in [-0.1, -0.05) is 6.42 Å². The van der Waals surface area contributed by atoms with E-state index in [9.17, 15) is 14.7 Å². The Balaban J connectivity index is 1.81. The Kier molecular flexibility index (Phi) is 4.37. The second-order valence-electron chi connectivity index (χ2n) is 5.89. The summed E-state index contributed by atoms with van der Waals surface area (Å²) in [6.07, 6.45) is 4.07. The molecule has 120 valence electrons. The quantitative estimate of drug-likeness (QED) is 0.781. The van der Waals surface area contributed by atoms with Gasteiger partial charge in [-0.2, -0.15) is 0 Å². The first kappa shape index (κ1) is 15.0. The van der Waals surface area contributed by atoms with Gasteiger partial charge in [0.2, 0.25) is 5.82 Å². The van der Waals surface area contributed by atoms with E-state index in [0.29, 0.717) is 25.5 Å². The van der Waals surface area contributed by atoms with Gasteiger partial charge in [-0.3, -0.25) is 9.59 Å². The molecule has 0 unspecified atom stereocenters. The molecule has 0 aromatic carbocycles. The highest BCUT2D eigenvalue weighted by Gasteiger charge is 2.30. The first-order valence-electron chi connectivity index (χ1n) is 7.81. The zero-order valence-corrected chi connectivity index (χ0v) is 12.5.